The number of fused-ring (bicyclic) bond motifs is 1. The van der Waals surface area contributed by atoms with Crippen LogP contribution in [0, 0.1) is 18.7 Å². The predicted molar refractivity (Wildman–Crippen MR) is 115 cm³/mol. The van der Waals surface area contributed by atoms with Crippen molar-refractivity contribution in [2.75, 3.05) is 25.0 Å². The maximum atomic E-state index is 13.4. The first-order valence-electron chi connectivity index (χ1n) is 10.3. The van der Waals surface area contributed by atoms with E-state index in [1.807, 2.05) is 0 Å². The Morgan fingerprint density at radius 2 is 2.03 bits per heavy atom. The van der Waals surface area contributed by atoms with E-state index in [0.717, 1.165) is 5.56 Å². The Kier molecular flexibility index (Phi) is 6.16. The van der Waals surface area contributed by atoms with E-state index in [1.54, 1.807) is 25.1 Å². The molecule has 8 nitrogen and oxygen atoms in total. The van der Waals surface area contributed by atoms with Crippen LogP contribution in [0.4, 0.5) is 10.1 Å². The number of rotatable bonds is 5. The van der Waals surface area contributed by atoms with Crippen LogP contribution in [0.2, 0.25) is 0 Å². The molecule has 1 atom stereocenters. The number of carbonyl (C=O) groups excluding carboxylic acids is 2. The van der Waals surface area contributed by atoms with Crippen molar-refractivity contribution in [3.05, 3.63) is 53.3 Å². The van der Waals surface area contributed by atoms with Gasteiger partial charge in [0, 0.05) is 25.7 Å². The number of sulfonamides is 1. The zero-order chi connectivity index (χ0) is 22.9. The van der Waals surface area contributed by atoms with Gasteiger partial charge in [-0.2, -0.15) is 4.31 Å². The summed E-state index contributed by atoms with van der Waals surface area (Å²) in [5.41, 5.74) is 1.68. The molecule has 32 heavy (non-hydrogen) atoms. The van der Waals surface area contributed by atoms with E-state index in [-0.39, 0.29) is 42.2 Å². The quantitative estimate of drug-likeness (QED) is 0.710. The molecule has 2 aromatic rings. The highest BCUT2D eigenvalue weighted by Gasteiger charge is 2.35. The number of aryl methyl sites for hydroxylation is 1. The van der Waals surface area contributed by atoms with E-state index >= 15 is 0 Å². The Morgan fingerprint density at radius 3 is 2.78 bits per heavy atom. The minimum atomic E-state index is -3.86. The van der Waals surface area contributed by atoms with Crippen molar-refractivity contribution in [2.24, 2.45) is 5.92 Å². The smallest absolute Gasteiger partial charge is 0.262 e. The van der Waals surface area contributed by atoms with Crippen LogP contribution >= 0.6 is 0 Å². The second-order valence-electron chi connectivity index (χ2n) is 8.00. The number of halogens is 1. The lowest BCUT2D eigenvalue weighted by Crippen LogP contribution is -2.45. The number of piperidine rings is 1. The lowest BCUT2D eigenvalue weighted by Gasteiger charge is -2.32. The molecule has 1 saturated heterocycles. The Morgan fingerprint density at radius 1 is 1.28 bits per heavy atom. The fourth-order valence-corrected chi connectivity index (χ4v) is 5.69. The number of benzene rings is 2. The highest BCUT2D eigenvalue weighted by atomic mass is 32.2. The van der Waals surface area contributed by atoms with Gasteiger partial charge in [-0.25, -0.2) is 12.8 Å². The van der Waals surface area contributed by atoms with Gasteiger partial charge >= 0.3 is 0 Å². The topological polar surface area (TPSA) is 105 Å². The van der Waals surface area contributed by atoms with Gasteiger partial charge in [-0.05, 0) is 49.1 Å². The number of anilines is 1. The molecule has 2 N–H and O–H groups in total. The number of hydrogen-bond acceptors (Lipinski definition) is 5. The summed E-state index contributed by atoms with van der Waals surface area (Å²) in [5, 5.41) is 5.48. The average molecular weight is 462 g/mol. The summed E-state index contributed by atoms with van der Waals surface area (Å²) in [6.45, 7) is 2.12. The number of ether oxygens (including phenoxy) is 1. The molecule has 1 unspecified atom stereocenters. The third kappa shape index (κ3) is 4.61. The zero-order valence-corrected chi connectivity index (χ0v) is 18.4. The summed E-state index contributed by atoms with van der Waals surface area (Å²) in [4.78, 5) is 24.3. The Balaban J connectivity index is 1.47. The second-order valence-corrected chi connectivity index (χ2v) is 9.90. The summed E-state index contributed by atoms with van der Waals surface area (Å²) in [5.74, 6) is -1.05. The molecule has 1 fully saturated rings. The number of nitrogens with one attached hydrogen (secondary N) is 2. The molecular formula is C22H24FN3O5S. The van der Waals surface area contributed by atoms with Crippen LogP contribution in [0.1, 0.15) is 24.0 Å². The molecule has 2 heterocycles. The molecule has 2 aliphatic heterocycles. The van der Waals surface area contributed by atoms with E-state index in [0.29, 0.717) is 36.4 Å². The third-order valence-electron chi connectivity index (χ3n) is 5.66. The molecule has 0 spiro atoms. The van der Waals surface area contributed by atoms with Gasteiger partial charge in [-0.15, -0.1) is 0 Å². The number of amides is 2. The molecule has 0 aromatic heterocycles. The number of hydrogen-bond donors (Lipinski definition) is 2. The Hall–Kier alpha value is -2.98. The molecule has 0 radical (unpaired) electrons. The Labute approximate surface area is 185 Å². The van der Waals surface area contributed by atoms with Crippen LogP contribution in [-0.4, -0.2) is 44.2 Å². The van der Waals surface area contributed by atoms with Crippen molar-refractivity contribution in [3.8, 4) is 5.75 Å². The molecular weight excluding hydrogens is 437 g/mol. The second kappa shape index (κ2) is 8.87. The third-order valence-corrected chi connectivity index (χ3v) is 7.67. The van der Waals surface area contributed by atoms with E-state index in [2.05, 4.69) is 10.6 Å². The Bertz CT molecular complexity index is 1150. The van der Waals surface area contributed by atoms with E-state index in [4.69, 9.17) is 4.74 Å². The summed E-state index contributed by atoms with van der Waals surface area (Å²) in [7, 11) is -3.86. The molecule has 2 aromatic carbocycles. The van der Waals surface area contributed by atoms with Crippen molar-refractivity contribution >= 4 is 27.5 Å². The van der Waals surface area contributed by atoms with Gasteiger partial charge in [0.1, 0.15) is 11.6 Å². The van der Waals surface area contributed by atoms with Crippen molar-refractivity contribution in [3.63, 3.8) is 0 Å². The van der Waals surface area contributed by atoms with Crippen molar-refractivity contribution in [1.82, 2.24) is 9.62 Å². The van der Waals surface area contributed by atoms with Crippen LogP contribution < -0.4 is 15.4 Å². The molecule has 2 aliphatic rings. The molecule has 10 heteroatoms. The fraction of sp³-hybridized carbons (Fsp3) is 0.364. The molecule has 0 aliphatic carbocycles. The summed E-state index contributed by atoms with van der Waals surface area (Å²) >= 11 is 0. The van der Waals surface area contributed by atoms with Gasteiger partial charge < -0.3 is 15.4 Å². The average Bonchev–Trinajstić information content (AvgIpc) is 2.78. The van der Waals surface area contributed by atoms with Gasteiger partial charge in [-0.3, -0.25) is 9.59 Å². The lowest BCUT2D eigenvalue weighted by atomic mass is 9.99. The van der Waals surface area contributed by atoms with Crippen molar-refractivity contribution < 1.29 is 27.1 Å². The first kappa shape index (κ1) is 22.2. The molecule has 2 amide bonds. The van der Waals surface area contributed by atoms with Crippen molar-refractivity contribution in [1.29, 1.82) is 0 Å². The molecule has 0 saturated carbocycles. The standard InChI is InChI=1S/C22H24FN3O5S/c1-14-9-18-19(31-13-21(27)25-18)10-20(14)32(29,30)26-8-2-3-16(12-26)22(28)24-11-15-4-6-17(23)7-5-15/h4-7,9-10,16H,2-3,8,11-13H2,1H3,(H,24,28)(H,25,27). The minimum absolute atomic E-state index is 0.0751. The molecule has 170 valence electrons. The van der Waals surface area contributed by atoms with Gasteiger partial charge in [0.15, 0.2) is 6.61 Å². The number of nitrogens with zero attached hydrogens (tertiary/aromatic N) is 1. The van der Waals surface area contributed by atoms with E-state index in [9.17, 15) is 22.4 Å². The molecule has 0 bridgehead atoms. The van der Waals surface area contributed by atoms with Crippen LogP contribution in [0.5, 0.6) is 5.75 Å². The number of carbonyl (C=O) groups is 2. The summed E-state index contributed by atoms with van der Waals surface area (Å²) in [6.07, 6.45) is 1.14. The largest absolute Gasteiger partial charge is 0.482 e. The maximum Gasteiger partial charge on any atom is 0.262 e. The fourth-order valence-electron chi connectivity index (χ4n) is 3.94. The summed E-state index contributed by atoms with van der Waals surface area (Å²) < 4.78 is 46.4. The van der Waals surface area contributed by atoms with Gasteiger partial charge in [0.05, 0.1) is 16.5 Å². The van der Waals surface area contributed by atoms with Crippen LogP contribution in [-0.2, 0) is 26.2 Å². The highest BCUT2D eigenvalue weighted by molar-refractivity contribution is 7.89. The lowest BCUT2D eigenvalue weighted by molar-refractivity contribution is -0.126. The van der Waals surface area contributed by atoms with Crippen LogP contribution in [0.15, 0.2) is 41.3 Å². The van der Waals surface area contributed by atoms with E-state index < -0.39 is 15.9 Å². The maximum absolute atomic E-state index is 13.4. The monoisotopic (exact) mass is 461 g/mol. The first-order chi connectivity index (χ1) is 15.2. The minimum Gasteiger partial charge on any atom is -0.482 e. The SMILES string of the molecule is Cc1cc2c(cc1S(=O)(=O)N1CCCC(C(=O)NCc3ccc(F)cc3)C1)OCC(=O)N2. The van der Waals surface area contributed by atoms with Crippen molar-refractivity contribution in [2.45, 2.75) is 31.2 Å². The zero-order valence-electron chi connectivity index (χ0n) is 17.6. The van der Waals surface area contributed by atoms with Gasteiger partial charge in [0.2, 0.25) is 15.9 Å². The highest BCUT2D eigenvalue weighted by Crippen LogP contribution is 2.35. The van der Waals surface area contributed by atoms with Crippen LogP contribution in [0.25, 0.3) is 0 Å². The predicted octanol–water partition coefficient (Wildman–Crippen LogP) is 2.18. The van der Waals surface area contributed by atoms with E-state index in [1.165, 1.54) is 22.5 Å². The van der Waals surface area contributed by atoms with Gasteiger partial charge in [0.25, 0.3) is 5.91 Å². The van der Waals surface area contributed by atoms with Gasteiger partial charge in [-0.1, -0.05) is 12.1 Å². The molecule has 4 rings (SSSR count). The first-order valence-corrected chi connectivity index (χ1v) is 11.8. The normalized spacial score (nSPS) is 18.9. The van der Waals surface area contributed by atoms with Crippen LogP contribution in [0.3, 0.4) is 0 Å². The summed E-state index contributed by atoms with van der Waals surface area (Å²) in [6, 6.07) is 8.85.